The average molecular weight is 538 g/mol. The number of anilines is 1. The number of carbonyl (C=O) groups is 2. The summed E-state index contributed by atoms with van der Waals surface area (Å²) < 4.78 is 17.1. The Bertz CT molecular complexity index is 1590. The molecule has 0 atom stereocenters. The summed E-state index contributed by atoms with van der Waals surface area (Å²) in [7, 11) is 1.28. The lowest BCUT2D eigenvalue weighted by Gasteiger charge is -2.14. The van der Waals surface area contributed by atoms with Gasteiger partial charge in [0.25, 0.3) is 5.56 Å². The first-order chi connectivity index (χ1) is 17.9. The Labute approximate surface area is 220 Å². The Morgan fingerprint density at radius 2 is 1.92 bits per heavy atom. The van der Waals surface area contributed by atoms with Gasteiger partial charge in [0, 0.05) is 0 Å². The fraction of sp³-hybridized carbons (Fsp3) is 0.154. The Balaban J connectivity index is 1.49. The normalized spacial score (nSPS) is 11.9. The molecule has 5 rings (SSSR count). The van der Waals surface area contributed by atoms with Gasteiger partial charge in [-0.1, -0.05) is 41.6 Å². The van der Waals surface area contributed by atoms with Gasteiger partial charge in [-0.2, -0.15) is 0 Å². The van der Waals surface area contributed by atoms with Crippen LogP contribution in [0.1, 0.15) is 15.9 Å². The fourth-order valence-electron chi connectivity index (χ4n) is 3.80. The first-order valence-electron chi connectivity index (χ1n) is 11.1. The molecule has 3 aromatic carbocycles. The van der Waals surface area contributed by atoms with Crippen LogP contribution in [0.2, 0.25) is 5.02 Å². The third kappa shape index (κ3) is 5.25. The maximum Gasteiger partial charge on any atom is 0.337 e. The van der Waals surface area contributed by atoms with Crippen LogP contribution < -0.4 is 20.3 Å². The van der Waals surface area contributed by atoms with Crippen LogP contribution in [0.4, 0.5) is 5.69 Å². The van der Waals surface area contributed by atoms with Crippen molar-refractivity contribution in [1.29, 1.82) is 0 Å². The van der Waals surface area contributed by atoms with E-state index in [9.17, 15) is 14.4 Å². The van der Waals surface area contributed by atoms with E-state index in [1.165, 1.54) is 23.8 Å². The van der Waals surface area contributed by atoms with Gasteiger partial charge in [0.15, 0.2) is 16.7 Å². The number of nitrogens with one attached hydrogen (secondary N) is 1. The minimum Gasteiger partial charge on any atom is -0.465 e. The number of hydrogen-bond acceptors (Lipinski definition) is 8. The lowest BCUT2D eigenvalue weighted by molar-refractivity contribution is -0.113. The third-order valence-corrected chi connectivity index (χ3v) is 6.91. The molecular formula is C26H20ClN3O6S. The summed E-state index contributed by atoms with van der Waals surface area (Å²) in [4.78, 5) is 42.9. The molecule has 1 N–H and O–H groups in total. The Hall–Kier alpha value is -4.02. The summed E-state index contributed by atoms with van der Waals surface area (Å²) in [5, 5.41) is 3.82. The fourth-order valence-corrected chi connectivity index (χ4v) is 4.78. The largest absolute Gasteiger partial charge is 0.465 e. The lowest BCUT2D eigenvalue weighted by atomic mass is 10.1. The van der Waals surface area contributed by atoms with Crippen molar-refractivity contribution in [2.45, 2.75) is 11.7 Å². The van der Waals surface area contributed by atoms with Crippen LogP contribution in [0.25, 0.3) is 10.9 Å². The van der Waals surface area contributed by atoms with Gasteiger partial charge in [-0.25, -0.2) is 9.78 Å². The molecule has 0 bridgehead atoms. The summed E-state index contributed by atoms with van der Waals surface area (Å²) in [6, 6.07) is 16.9. The van der Waals surface area contributed by atoms with Gasteiger partial charge in [-0.3, -0.25) is 14.2 Å². The molecular weight excluding hydrogens is 518 g/mol. The number of halogens is 1. The molecule has 0 saturated carbocycles. The number of thioether (sulfide) groups is 1. The number of para-hydroxylation sites is 1. The summed E-state index contributed by atoms with van der Waals surface area (Å²) in [6.45, 7) is 0.325. The molecule has 4 aromatic rings. The van der Waals surface area contributed by atoms with Crippen molar-refractivity contribution in [2.75, 3.05) is 25.0 Å². The van der Waals surface area contributed by atoms with Crippen LogP contribution in [-0.4, -0.2) is 41.1 Å². The molecule has 0 fully saturated rings. The van der Waals surface area contributed by atoms with Crippen LogP contribution in [0.5, 0.6) is 11.5 Å². The zero-order valence-corrected chi connectivity index (χ0v) is 21.1. The van der Waals surface area contributed by atoms with Crippen molar-refractivity contribution in [3.05, 3.63) is 87.2 Å². The molecule has 9 nitrogen and oxygen atoms in total. The summed E-state index contributed by atoms with van der Waals surface area (Å²) >= 11 is 7.24. The molecule has 188 valence electrons. The summed E-state index contributed by atoms with van der Waals surface area (Å²) in [5.74, 6) is 0.345. The van der Waals surface area contributed by atoms with Crippen LogP contribution in [0.15, 0.2) is 70.6 Å². The average Bonchev–Trinajstić information content (AvgIpc) is 3.38. The van der Waals surface area contributed by atoms with E-state index in [1.807, 2.05) is 6.07 Å². The summed E-state index contributed by atoms with van der Waals surface area (Å²) in [6.07, 6.45) is 0. The van der Waals surface area contributed by atoms with Gasteiger partial charge in [0.2, 0.25) is 12.7 Å². The highest BCUT2D eigenvalue weighted by Crippen LogP contribution is 2.33. The maximum atomic E-state index is 13.5. The van der Waals surface area contributed by atoms with E-state index in [2.05, 4.69) is 10.3 Å². The Kier molecular flexibility index (Phi) is 7.02. The van der Waals surface area contributed by atoms with Gasteiger partial charge >= 0.3 is 5.97 Å². The molecule has 0 saturated heterocycles. The molecule has 0 aliphatic carbocycles. The predicted octanol–water partition coefficient (Wildman–Crippen LogP) is 4.34. The molecule has 37 heavy (non-hydrogen) atoms. The van der Waals surface area contributed by atoms with Crippen LogP contribution in [0, 0.1) is 0 Å². The molecule has 0 radical (unpaired) electrons. The van der Waals surface area contributed by atoms with E-state index in [-0.39, 0.29) is 36.1 Å². The second-order valence-corrected chi connectivity index (χ2v) is 9.36. The summed E-state index contributed by atoms with van der Waals surface area (Å²) in [5.41, 5.74) is 1.56. The lowest BCUT2D eigenvalue weighted by Crippen LogP contribution is -2.25. The van der Waals surface area contributed by atoms with Gasteiger partial charge in [0.05, 0.1) is 46.6 Å². The van der Waals surface area contributed by atoms with E-state index in [0.717, 1.165) is 17.3 Å². The molecule has 1 aliphatic rings. The molecule has 0 spiro atoms. The number of nitrogens with zero attached hydrogens (tertiary/aromatic N) is 2. The van der Waals surface area contributed by atoms with Crippen molar-refractivity contribution < 1.29 is 23.8 Å². The Morgan fingerprint density at radius 3 is 2.73 bits per heavy atom. The van der Waals surface area contributed by atoms with Gasteiger partial charge in [-0.05, 0) is 48.0 Å². The molecule has 11 heteroatoms. The van der Waals surface area contributed by atoms with Crippen molar-refractivity contribution in [1.82, 2.24) is 9.55 Å². The molecule has 0 unspecified atom stereocenters. The van der Waals surface area contributed by atoms with E-state index >= 15 is 0 Å². The van der Waals surface area contributed by atoms with Crippen LogP contribution in [-0.2, 0) is 16.1 Å². The highest BCUT2D eigenvalue weighted by molar-refractivity contribution is 7.99. The van der Waals surface area contributed by atoms with E-state index in [0.29, 0.717) is 38.3 Å². The number of aromatic nitrogens is 2. The number of rotatable bonds is 7. The van der Waals surface area contributed by atoms with E-state index in [1.54, 1.807) is 42.5 Å². The van der Waals surface area contributed by atoms with Crippen LogP contribution >= 0.6 is 23.4 Å². The third-order valence-electron chi connectivity index (χ3n) is 5.60. The standard InChI is InChI=1S/C26H20ClN3O6S/c1-34-25(33)16-7-8-17-20(11-16)29-26(37-13-23(31)28-19-5-3-2-4-18(19)27)30(24(17)32)12-15-6-9-21-22(10-15)36-14-35-21/h2-11H,12-14H2,1H3,(H,28,31). The van der Waals surface area contributed by atoms with Gasteiger partial charge < -0.3 is 19.5 Å². The predicted molar refractivity (Wildman–Crippen MR) is 140 cm³/mol. The minimum atomic E-state index is -0.540. The highest BCUT2D eigenvalue weighted by atomic mass is 35.5. The van der Waals surface area contributed by atoms with Crippen molar-refractivity contribution >= 4 is 51.8 Å². The van der Waals surface area contributed by atoms with E-state index < -0.39 is 5.97 Å². The van der Waals surface area contributed by atoms with Crippen molar-refractivity contribution in [3.8, 4) is 11.5 Å². The number of amides is 1. The van der Waals surface area contributed by atoms with E-state index in [4.69, 9.17) is 25.8 Å². The van der Waals surface area contributed by atoms with Crippen LogP contribution in [0.3, 0.4) is 0 Å². The number of carbonyl (C=O) groups excluding carboxylic acids is 2. The second-order valence-electron chi connectivity index (χ2n) is 8.01. The SMILES string of the molecule is COC(=O)c1ccc2c(=O)n(Cc3ccc4c(c3)OCO4)c(SCC(=O)Nc3ccccc3Cl)nc2c1. The maximum absolute atomic E-state index is 13.5. The highest BCUT2D eigenvalue weighted by Gasteiger charge is 2.18. The first-order valence-corrected chi connectivity index (χ1v) is 12.5. The number of ether oxygens (including phenoxy) is 3. The Morgan fingerprint density at radius 1 is 1.11 bits per heavy atom. The zero-order valence-electron chi connectivity index (χ0n) is 19.5. The minimum absolute atomic E-state index is 0.0268. The molecule has 1 amide bonds. The second kappa shape index (κ2) is 10.5. The monoisotopic (exact) mass is 537 g/mol. The van der Waals surface area contributed by atoms with Gasteiger partial charge in [-0.15, -0.1) is 0 Å². The molecule has 1 aromatic heterocycles. The zero-order chi connectivity index (χ0) is 25.9. The number of hydrogen-bond donors (Lipinski definition) is 1. The molecule has 1 aliphatic heterocycles. The van der Waals surface area contributed by atoms with Gasteiger partial charge in [0.1, 0.15) is 0 Å². The molecule has 2 heterocycles. The first kappa shape index (κ1) is 24.7. The number of esters is 1. The number of benzene rings is 3. The quantitative estimate of drug-likeness (QED) is 0.211. The van der Waals surface area contributed by atoms with Crippen molar-refractivity contribution in [2.24, 2.45) is 0 Å². The smallest absolute Gasteiger partial charge is 0.337 e. The topological polar surface area (TPSA) is 109 Å². The number of methoxy groups -OCH3 is 1. The number of fused-ring (bicyclic) bond motifs is 2. The van der Waals surface area contributed by atoms with Crippen molar-refractivity contribution in [3.63, 3.8) is 0 Å².